The summed E-state index contributed by atoms with van der Waals surface area (Å²) in [4.78, 5) is 30.9. The predicted octanol–water partition coefficient (Wildman–Crippen LogP) is 5.15. The van der Waals surface area contributed by atoms with Crippen LogP contribution in [0.15, 0.2) is 88.6 Å². The second kappa shape index (κ2) is 9.76. The van der Waals surface area contributed by atoms with E-state index in [1.807, 2.05) is 66.0 Å². The van der Waals surface area contributed by atoms with Gasteiger partial charge in [0.2, 0.25) is 0 Å². The van der Waals surface area contributed by atoms with Crippen LogP contribution in [0, 0.1) is 0 Å². The Morgan fingerprint density at radius 3 is 2.55 bits per heavy atom. The van der Waals surface area contributed by atoms with Crippen molar-refractivity contribution in [2.45, 2.75) is 18.3 Å². The summed E-state index contributed by atoms with van der Waals surface area (Å²) in [5, 5.41) is 3.03. The molecule has 0 spiro atoms. The first kappa shape index (κ1) is 21.1. The first-order chi connectivity index (χ1) is 15.2. The van der Waals surface area contributed by atoms with E-state index in [-0.39, 0.29) is 23.9 Å². The summed E-state index contributed by atoms with van der Waals surface area (Å²) in [5.41, 5.74) is 2.64. The molecule has 156 valence electrons. The highest BCUT2D eigenvalue weighted by Crippen LogP contribution is 2.32. The Kier molecular flexibility index (Phi) is 6.64. The number of rotatable bonds is 8. The fraction of sp³-hybridized carbons (Fsp3) is 0.125. The maximum absolute atomic E-state index is 13.3. The highest BCUT2D eigenvalue weighted by Gasteiger charge is 2.18. The van der Waals surface area contributed by atoms with Crippen molar-refractivity contribution in [1.82, 2.24) is 9.55 Å². The lowest BCUT2D eigenvalue weighted by Crippen LogP contribution is -2.23. The Balaban J connectivity index is 1.57. The molecule has 0 bridgehead atoms. The lowest BCUT2D eigenvalue weighted by Gasteiger charge is -2.11. The van der Waals surface area contributed by atoms with Crippen LogP contribution in [-0.4, -0.2) is 21.3 Å². The normalized spacial score (nSPS) is 10.8. The van der Waals surface area contributed by atoms with E-state index >= 15 is 0 Å². The van der Waals surface area contributed by atoms with Crippen LogP contribution in [-0.2, 0) is 22.7 Å². The van der Waals surface area contributed by atoms with Gasteiger partial charge in [0.25, 0.3) is 5.56 Å². The van der Waals surface area contributed by atoms with E-state index in [9.17, 15) is 9.59 Å². The number of thiophene rings is 1. The Hall–Kier alpha value is -3.16. The number of hydrogen-bond acceptors (Lipinski definition) is 6. The van der Waals surface area contributed by atoms with Crippen molar-refractivity contribution in [2.24, 2.45) is 0 Å². The molecular weight excluding hydrogens is 428 g/mol. The van der Waals surface area contributed by atoms with Gasteiger partial charge in [-0.3, -0.25) is 14.2 Å². The van der Waals surface area contributed by atoms with Gasteiger partial charge in [-0.2, -0.15) is 0 Å². The molecule has 0 aliphatic heterocycles. The molecule has 5 nitrogen and oxygen atoms in total. The minimum absolute atomic E-state index is 0.0683. The van der Waals surface area contributed by atoms with E-state index in [2.05, 4.69) is 11.6 Å². The molecule has 4 rings (SSSR count). The predicted molar refractivity (Wildman–Crippen MR) is 126 cm³/mol. The van der Waals surface area contributed by atoms with Crippen molar-refractivity contribution in [3.05, 3.63) is 94.6 Å². The molecule has 0 amide bonds. The van der Waals surface area contributed by atoms with Gasteiger partial charge in [0.15, 0.2) is 5.16 Å². The molecule has 0 saturated carbocycles. The highest BCUT2D eigenvalue weighted by atomic mass is 32.2. The van der Waals surface area contributed by atoms with Crippen LogP contribution in [0.2, 0.25) is 0 Å². The summed E-state index contributed by atoms with van der Waals surface area (Å²) in [6.45, 7) is 4.29. The van der Waals surface area contributed by atoms with Gasteiger partial charge in [0, 0.05) is 17.5 Å². The maximum Gasteiger partial charge on any atom is 0.316 e. The van der Waals surface area contributed by atoms with Crippen molar-refractivity contribution in [3.63, 3.8) is 0 Å². The van der Waals surface area contributed by atoms with Gasteiger partial charge in [-0.25, -0.2) is 4.98 Å². The van der Waals surface area contributed by atoms with E-state index in [1.54, 1.807) is 10.6 Å². The maximum atomic E-state index is 13.3. The van der Waals surface area contributed by atoms with Crippen LogP contribution in [0.3, 0.4) is 0 Å². The van der Waals surface area contributed by atoms with Crippen LogP contribution >= 0.6 is 23.1 Å². The van der Waals surface area contributed by atoms with Gasteiger partial charge in [-0.15, -0.1) is 17.9 Å². The standard InChI is InChI=1S/C24H20N2O3S2/c1-2-13-26-23(28)21-19(18-11-7-4-8-12-18)15-30-22(21)25-24(26)31-16-20(27)29-14-17-9-5-3-6-10-17/h2-12,15H,1,13-14,16H2. The van der Waals surface area contributed by atoms with Gasteiger partial charge >= 0.3 is 5.97 Å². The van der Waals surface area contributed by atoms with Crippen molar-refractivity contribution >= 4 is 39.3 Å². The number of nitrogens with zero attached hydrogens (tertiary/aromatic N) is 2. The molecule has 2 aromatic carbocycles. The summed E-state index contributed by atoms with van der Waals surface area (Å²) < 4.78 is 6.90. The zero-order chi connectivity index (χ0) is 21.6. The molecule has 7 heteroatoms. The molecule has 2 aromatic heterocycles. The number of hydrogen-bond donors (Lipinski definition) is 0. The molecule has 0 N–H and O–H groups in total. The monoisotopic (exact) mass is 448 g/mol. The van der Waals surface area contributed by atoms with Crippen LogP contribution in [0.25, 0.3) is 21.3 Å². The zero-order valence-corrected chi connectivity index (χ0v) is 18.3. The van der Waals surface area contributed by atoms with Crippen molar-refractivity contribution in [2.75, 3.05) is 5.75 Å². The van der Waals surface area contributed by atoms with E-state index in [1.165, 1.54) is 23.1 Å². The number of carbonyl (C=O) groups excluding carboxylic acids is 1. The number of carbonyl (C=O) groups is 1. The molecule has 0 unspecified atom stereocenters. The topological polar surface area (TPSA) is 61.2 Å². The molecule has 0 aliphatic rings. The molecule has 31 heavy (non-hydrogen) atoms. The second-order valence-corrected chi connectivity index (χ2v) is 8.53. The van der Waals surface area contributed by atoms with Gasteiger partial charge in [-0.1, -0.05) is 78.5 Å². The SMILES string of the molecule is C=CCn1c(SCC(=O)OCc2ccccc2)nc2scc(-c3ccccc3)c2c1=O. The Bertz CT molecular complexity index is 1260. The molecule has 0 aliphatic carbocycles. The third-order valence-corrected chi connectivity index (χ3v) is 6.44. The molecule has 0 saturated heterocycles. The smallest absolute Gasteiger partial charge is 0.316 e. The minimum Gasteiger partial charge on any atom is -0.460 e. The summed E-state index contributed by atoms with van der Waals surface area (Å²) in [6, 6.07) is 19.3. The molecule has 0 fully saturated rings. The van der Waals surface area contributed by atoms with Crippen molar-refractivity contribution < 1.29 is 9.53 Å². The number of fused-ring (bicyclic) bond motifs is 1. The Morgan fingerprint density at radius 2 is 1.84 bits per heavy atom. The number of allylic oxidation sites excluding steroid dienone is 1. The largest absolute Gasteiger partial charge is 0.460 e. The third kappa shape index (κ3) is 4.78. The quantitative estimate of drug-likeness (QED) is 0.162. The van der Waals surface area contributed by atoms with Gasteiger partial charge in [-0.05, 0) is 11.1 Å². The fourth-order valence-electron chi connectivity index (χ4n) is 3.14. The van der Waals surface area contributed by atoms with E-state index in [0.717, 1.165) is 16.7 Å². The van der Waals surface area contributed by atoms with Crippen LogP contribution < -0.4 is 5.56 Å². The van der Waals surface area contributed by atoms with Gasteiger partial charge in [0.05, 0.1) is 11.1 Å². The fourth-order valence-corrected chi connectivity index (χ4v) is 4.93. The average Bonchev–Trinajstić information content (AvgIpc) is 3.24. The first-order valence-electron chi connectivity index (χ1n) is 9.68. The summed E-state index contributed by atoms with van der Waals surface area (Å²) in [6.07, 6.45) is 1.65. The van der Waals surface area contributed by atoms with Gasteiger partial charge in [0.1, 0.15) is 11.4 Å². The average molecular weight is 449 g/mol. The van der Waals surface area contributed by atoms with Crippen LogP contribution in [0.4, 0.5) is 0 Å². The molecule has 2 heterocycles. The van der Waals surface area contributed by atoms with E-state index < -0.39 is 0 Å². The number of esters is 1. The van der Waals surface area contributed by atoms with E-state index in [4.69, 9.17) is 4.74 Å². The molecule has 4 aromatic rings. The van der Waals surface area contributed by atoms with Gasteiger partial charge < -0.3 is 4.74 Å². The molecular formula is C24H20N2O3S2. The lowest BCUT2D eigenvalue weighted by atomic mass is 10.1. The first-order valence-corrected chi connectivity index (χ1v) is 11.5. The van der Waals surface area contributed by atoms with Crippen molar-refractivity contribution in [3.8, 4) is 11.1 Å². The molecule has 0 radical (unpaired) electrons. The Labute approximate surface area is 188 Å². The Morgan fingerprint density at radius 1 is 1.13 bits per heavy atom. The number of aromatic nitrogens is 2. The summed E-state index contributed by atoms with van der Waals surface area (Å²) >= 11 is 2.63. The molecule has 0 atom stereocenters. The number of thioether (sulfide) groups is 1. The van der Waals surface area contributed by atoms with Crippen LogP contribution in [0.1, 0.15) is 5.56 Å². The summed E-state index contributed by atoms with van der Waals surface area (Å²) in [7, 11) is 0. The number of benzene rings is 2. The van der Waals surface area contributed by atoms with Crippen molar-refractivity contribution in [1.29, 1.82) is 0 Å². The third-order valence-electron chi connectivity index (χ3n) is 4.62. The van der Waals surface area contributed by atoms with Crippen LogP contribution in [0.5, 0.6) is 0 Å². The van der Waals surface area contributed by atoms with E-state index in [0.29, 0.717) is 21.9 Å². The summed E-state index contributed by atoms with van der Waals surface area (Å²) in [5.74, 6) is -0.289. The zero-order valence-electron chi connectivity index (χ0n) is 16.7. The minimum atomic E-state index is -0.357. The lowest BCUT2D eigenvalue weighted by molar-refractivity contribution is -0.141. The highest BCUT2D eigenvalue weighted by molar-refractivity contribution is 7.99. The number of ether oxygens (including phenoxy) is 1. The second-order valence-electron chi connectivity index (χ2n) is 6.73.